The highest BCUT2D eigenvalue weighted by Crippen LogP contribution is 2.23. The summed E-state index contributed by atoms with van der Waals surface area (Å²) in [5.74, 6) is 0.309. The highest BCUT2D eigenvalue weighted by atomic mass is 16.3. The van der Waals surface area contributed by atoms with Crippen LogP contribution in [-0.2, 0) is 0 Å². The summed E-state index contributed by atoms with van der Waals surface area (Å²) in [7, 11) is 0. The van der Waals surface area contributed by atoms with Crippen molar-refractivity contribution in [2.75, 3.05) is 26.2 Å². The Hall–Kier alpha value is -1.55. The summed E-state index contributed by atoms with van der Waals surface area (Å²) in [4.78, 5) is 17.1. The second kappa shape index (κ2) is 5.83. The average Bonchev–Trinajstić information content (AvgIpc) is 3.11. The zero-order valence-electron chi connectivity index (χ0n) is 11.8. The van der Waals surface area contributed by atoms with Gasteiger partial charge in [-0.15, -0.1) is 0 Å². The van der Waals surface area contributed by atoms with Gasteiger partial charge in [0.05, 0.1) is 0 Å². The summed E-state index contributed by atoms with van der Waals surface area (Å²) in [6.07, 6.45) is 4.79. The first-order valence-corrected chi connectivity index (χ1v) is 7.56. The summed E-state index contributed by atoms with van der Waals surface area (Å²) in [6, 6.07) is 6.94. The van der Waals surface area contributed by atoms with E-state index in [0.29, 0.717) is 11.6 Å². The molecule has 2 heterocycles. The maximum absolute atomic E-state index is 12.6. The van der Waals surface area contributed by atoms with Crippen LogP contribution in [0.5, 0.6) is 5.75 Å². The van der Waals surface area contributed by atoms with E-state index in [-0.39, 0.29) is 11.7 Å². The first kappa shape index (κ1) is 13.4. The van der Waals surface area contributed by atoms with Crippen LogP contribution in [0, 0.1) is 0 Å². The molecular formula is C16H22N2O2. The molecular weight excluding hydrogens is 252 g/mol. The van der Waals surface area contributed by atoms with Crippen molar-refractivity contribution >= 4 is 5.91 Å². The number of carbonyl (C=O) groups is 1. The molecule has 2 fully saturated rings. The molecule has 0 aromatic heterocycles. The van der Waals surface area contributed by atoms with Gasteiger partial charge in [0.25, 0.3) is 5.91 Å². The van der Waals surface area contributed by atoms with Crippen LogP contribution in [-0.4, -0.2) is 53.0 Å². The number of hydrogen-bond donors (Lipinski definition) is 1. The predicted octanol–water partition coefficient (Wildman–Crippen LogP) is 2.09. The van der Waals surface area contributed by atoms with Crippen LogP contribution in [0.2, 0.25) is 0 Å². The Balaban J connectivity index is 1.67. The molecule has 1 atom stereocenters. The van der Waals surface area contributed by atoms with Gasteiger partial charge < -0.3 is 14.9 Å². The number of carbonyl (C=O) groups excluding carboxylic acids is 1. The predicted molar refractivity (Wildman–Crippen MR) is 77.8 cm³/mol. The van der Waals surface area contributed by atoms with E-state index in [2.05, 4.69) is 4.90 Å². The number of nitrogens with zero attached hydrogens (tertiary/aromatic N) is 2. The van der Waals surface area contributed by atoms with E-state index >= 15 is 0 Å². The molecule has 2 aliphatic rings. The minimum atomic E-state index is 0.103. The smallest absolute Gasteiger partial charge is 0.254 e. The highest BCUT2D eigenvalue weighted by molar-refractivity contribution is 5.94. The number of phenols is 1. The van der Waals surface area contributed by atoms with Gasteiger partial charge in [0, 0.05) is 24.7 Å². The number of likely N-dealkylation sites (tertiary alicyclic amines) is 2. The molecule has 1 aromatic rings. The summed E-state index contributed by atoms with van der Waals surface area (Å²) in [5, 5.41) is 9.31. The van der Waals surface area contributed by atoms with Crippen LogP contribution in [0.1, 0.15) is 36.0 Å². The minimum Gasteiger partial charge on any atom is -0.508 e. The fourth-order valence-corrected chi connectivity index (χ4v) is 3.33. The zero-order chi connectivity index (χ0) is 13.9. The number of phenolic OH excluding ortho intramolecular Hbond substituents is 1. The Labute approximate surface area is 120 Å². The lowest BCUT2D eigenvalue weighted by molar-refractivity contribution is 0.0709. The first-order chi connectivity index (χ1) is 9.74. The number of aromatic hydroxyl groups is 1. The van der Waals surface area contributed by atoms with Gasteiger partial charge >= 0.3 is 0 Å². The van der Waals surface area contributed by atoms with Crippen molar-refractivity contribution in [2.45, 2.75) is 31.7 Å². The molecule has 108 valence electrons. The molecule has 2 aliphatic heterocycles. The third-order valence-electron chi connectivity index (χ3n) is 4.42. The molecule has 0 spiro atoms. The SMILES string of the molecule is O=C(c1ccc(O)cc1)N1CCCC1CN1CCCC1. The van der Waals surface area contributed by atoms with E-state index < -0.39 is 0 Å². The molecule has 1 N–H and O–H groups in total. The number of benzene rings is 1. The molecule has 1 amide bonds. The Morgan fingerprint density at radius 1 is 1.10 bits per heavy atom. The summed E-state index contributed by atoms with van der Waals surface area (Å²) in [5.41, 5.74) is 0.677. The van der Waals surface area contributed by atoms with Crippen LogP contribution in [0.25, 0.3) is 0 Å². The van der Waals surface area contributed by atoms with Crippen LogP contribution in [0.3, 0.4) is 0 Å². The van der Waals surface area contributed by atoms with E-state index in [1.165, 1.54) is 25.9 Å². The molecule has 1 aromatic carbocycles. The summed E-state index contributed by atoms with van der Waals surface area (Å²) < 4.78 is 0. The van der Waals surface area contributed by atoms with Crippen molar-refractivity contribution in [1.82, 2.24) is 9.80 Å². The van der Waals surface area contributed by atoms with Crippen molar-refractivity contribution in [3.63, 3.8) is 0 Å². The monoisotopic (exact) mass is 274 g/mol. The number of amides is 1. The standard InChI is InChI=1S/C16H22N2O2/c19-15-7-5-13(6-8-15)16(20)18-11-3-4-14(18)12-17-9-1-2-10-17/h5-8,14,19H,1-4,9-12H2. The second-order valence-electron chi connectivity index (χ2n) is 5.85. The maximum Gasteiger partial charge on any atom is 0.254 e. The van der Waals surface area contributed by atoms with Crippen molar-refractivity contribution in [2.24, 2.45) is 0 Å². The second-order valence-corrected chi connectivity index (χ2v) is 5.85. The fraction of sp³-hybridized carbons (Fsp3) is 0.562. The van der Waals surface area contributed by atoms with Gasteiger partial charge in [-0.05, 0) is 63.0 Å². The van der Waals surface area contributed by atoms with Crippen molar-refractivity contribution in [3.05, 3.63) is 29.8 Å². The maximum atomic E-state index is 12.6. The normalized spacial score (nSPS) is 23.4. The third kappa shape index (κ3) is 2.80. The quantitative estimate of drug-likeness (QED) is 0.918. The average molecular weight is 274 g/mol. The molecule has 0 bridgehead atoms. The van der Waals surface area contributed by atoms with Crippen LogP contribution in [0.15, 0.2) is 24.3 Å². The lowest BCUT2D eigenvalue weighted by Crippen LogP contribution is -2.42. The lowest BCUT2D eigenvalue weighted by atomic mass is 10.1. The summed E-state index contributed by atoms with van der Waals surface area (Å²) >= 11 is 0. The first-order valence-electron chi connectivity index (χ1n) is 7.56. The molecule has 3 rings (SSSR count). The van der Waals surface area contributed by atoms with Crippen molar-refractivity contribution in [3.8, 4) is 5.75 Å². The lowest BCUT2D eigenvalue weighted by Gasteiger charge is -2.28. The van der Waals surface area contributed by atoms with Gasteiger partial charge in [0.15, 0.2) is 0 Å². The van der Waals surface area contributed by atoms with E-state index in [1.807, 2.05) is 4.90 Å². The van der Waals surface area contributed by atoms with E-state index in [4.69, 9.17) is 0 Å². The van der Waals surface area contributed by atoms with Crippen LogP contribution >= 0.6 is 0 Å². The van der Waals surface area contributed by atoms with Gasteiger partial charge in [-0.3, -0.25) is 4.79 Å². The van der Waals surface area contributed by atoms with Crippen LogP contribution < -0.4 is 0 Å². The Morgan fingerprint density at radius 3 is 2.50 bits per heavy atom. The summed E-state index contributed by atoms with van der Waals surface area (Å²) in [6.45, 7) is 4.23. The Morgan fingerprint density at radius 2 is 1.80 bits per heavy atom. The third-order valence-corrected chi connectivity index (χ3v) is 4.42. The van der Waals surface area contributed by atoms with Crippen molar-refractivity contribution in [1.29, 1.82) is 0 Å². The highest BCUT2D eigenvalue weighted by Gasteiger charge is 2.31. The van der Waals surface area contributed by atoms with Gasteiger partial charge in [-0.2, -0.15) is 0 Å². The van der Waals surface area contributed by atoms with E-state index in [0.717, 1.165) is 25.9 Å². The van der Waals surface area contributed by atoms with E-state index in [1.54, 1.807) is 24.3 Å². The Bertz CT molecular complexity index is 466. The molecule has 0 radical (unpaired) electrons. The molecule has 1 unspecified atom stereocenters. The van der Waals surface area contributed by atoms with Crippen LogP contribution in [0.4, 0.5) is 0 Å². The van der Waals surface area contributed by atoms with Gasteiger partial charge in [0.2, 0.25) is 0 Å². The number of hydrogen-bond acceptors (Lipinski definition) is 3. The topological polar surface area (TPSA) is 43.8 Å². The minimum absolute atomic E-state index is 0.103. The van der Waals surface area contributed by atoms with Gasteiger partial charge in [0.1, 0.15) is 5.75 Å². The molecule has 0 aliphatic carbocycles. The number of rotatable bonds is 3. The zero-order valence-corrected chi connectivity index (χ0v) is 11.8. The Kier molecular flexibility index (Phi) is 3.92. The molecule has 2 saturated heterocycles. The van der Waals surface area contributed by atoms with Gasteiger partial charge in [-0.25, -0.2) is 0 Å². The largest absolute Gasteiger partial charge is 0.508 e. The molecule has 4 heteroatoms. The van der Waals surface area contributed by atoms with E-state index in [9.17, 15) is 9.90 Å². The fourth-order valence-electron chi connectivity index (χ4n) is 3.33. The van der Waals surface area contributed by atoms with Crippen molar-refractivity contribution < 1.29 is 9.90 Å². The molecule has 20 heavy (non-hydrogen) atoms. The molecule has 4 nitrogen and oxygen atoms in total. The van der Waals surface area contributed by atoms with Gasteiger partial charge in [-0.1, -0.05) is 0 Å². The molecule has 0 saturated carbocycles.